The summed E-state index contributed by atoms with van der Waals surface area (Å²) < 4.78 is 0. The maximum atomic E-state index is 4.08. The van der Waals surface area contributed by atoms with Crippen LogP contribution in [0.3, 0.4) is 0 Å². The molecule has 0 amide bonds. The molecule has 0 aromatic rings. The predicted molar refractivity (Wildman–Crippen MR) is 43.6 cm³/mol. The van der Waals surface area contributed by atoms with E-state index in [1.807, 2.05) is 42.5 Å². The fourth-order valence-electron chi connectivity index (χ4n) is 0.628. The molecule has 1 aliphatic rings. The van der Waals surface area contributed by atoms with Crippen LogP contribution in [0.5, 0.6) is 0 Å². The monoisotopic (exact) mass is 132 g/mol. The highest BCUT2D eigenvalue weighted by Crippen LogP contribution is 1.84. The fourth-order valence-corrected chi connectivity index (χ4v) is 0.628. The lowest BCUT2D eigenvalue weighted by atomic mass is 10.4. The summed E-state index contributed by atoms with van der Waals surface area (Å²) in [7, 11) is 0. The highest BCUT2D eigenvalue weighted by atomic mass is 14.8. The Balaban J connectivity index is 2.53. The molecule has 0 unspecified atom stereocenters. The molecule has 1 heterocycles. The number of hydrogen-bond acceptors (Lipinski definition) is 0. The number of allylic oxidation sites excluding steroid dienone is 6. The van der Waals surface area contributed by atoms with Crippen LogP contribution in [0.25, 0.3) is 0 Å². The molecule has 1 nitrogen and oxygen atoms in total. The van der Waals surface area contributed by atoms with E-state index in [1.54, 1.807) is 6.20 Å². The first-order valence-corrected chi connectivity index (χ1v) is 3.32. The fraction of sp³-hybridized carbons (Fsp3) is 0.111. The second-order valence-corrected chi connectivity index (χ2v) is 1.90. The van der Waals surface area contributed by atoms with Crippen molar-refractivity contribution >= 4 is 0 Å². The van der Waals surface area contributed by atoms with Gasteiger partial charge in [-0.15, -0.1) is 0 Å². The smallest absolute Gasteiger partial charge is 0.0573 e. The molecular formula is C9H10N. The molecular weight excluding hydrogens is 122 g/mol. The van der Waals surface area contributed by atoms with Crippen molar-refractivity contribution in [3.63, 3.8) is 0 Å². The van der Waals surface area contributed by atoms with Crippen molar-refractivity contribution in [3.8, 4) is 0 Å². The molecule has 10 heavy (non-hydrogen) atoms. The van der Waals surface area contributed by atoms with Crippen LogP contribution in [0.4, 0.5) is 0 Å². The Morgan fingerprint density at radius 1 is 0.800 bits per heavy atom. The second kappa shape index (κ2) is 4.62. The largest absolute Gasteiger partial charge is 0.289 e. The minimum absolute atomic E-state index is 0.772. The summed E-state index contributed by atoms with van der Waals surface area (Å²) in [6.45, 7) is 0.772. The highest BCUT2D eigenvalue weighted by Gasteiger charge is 1.73. The van der Waals surface area contributed by atoms with Gasteiger partial charge >= 0.3 is 0 Å². The average Bonchev–Trinajstić information content (AvgIpc) is 2.01. The number of nitrogens with zero attached hydrogens (tertiary/aromatic N) is 1. The van der Waals surface area contributed by atoms with Crippen molar-refractivity contribution in [1.82, 2.24) is 5.32 Å². The first-order chi connectivity index (χ1) is 5.00. The Hall–Kier alpha value is -1.24. The number of hydrogen-bond donors (Lipinski definition) is 0. The zero-order valence-electron chi connectivity index (χ0n) is 5.77. The molecule has 0 saturated carbocycles. The van der Waals surface area contributed by atoms with Crippen LogP contribution in [0.15, 0.2) is 48.7 Å². The van der Waals surface area contributed by atoms with E-state index in [2.05, 4.69) is 5.32 Å². The minimum Gasteiger partial charge on any atom is -0.289 e. The van der Waals surface area contributed by atoms with Crippen LogP contribution in [-0.2, 0) is 0 Å². The van der Waals surface area contributed by atoms with E-state index in [0.29, 0.717) is 0 Å². The molecule has 1 radical (unpaired) electrons. The van der Waals surface area contributed by atoms with Gasteiger partial charge in [-0.3, -0.25) is 5.32 Å². The molecule has 0 aliphatic carbocycles. The summed E-state index contributed by atoms with van der Waals surface area (Å²) in [5.41, 5.74) is 0. The first kappa shape index (κ1) is 6.87. The van der Waals surface area contributed by atoms with Crippen molar-refractivity contribution < 1.29 is 0 Å². The molecule has 1 aliphatic heterocycles. The van der Waals surface area contributed by atoms with Crippen LogP contribution in [0, 0.1) is 0 Å². The third-order valence-electron chi connectivity index (χ3n) is 1.09. The molecule has 0 N–H and O–H groups in total. The SMILES string of the molecule is C1=C\C=C\C=C/C[N]\C=C/1. The average molecular weight is 132 g/mol. The van der Waals surface area contributed by atoms with Crippen molar-refractivity contribution in [2.45, 2.75) is 0 Å². The van der Waals surface area contributed by atoms with Crippen molar-refractivity contribution in [1.29, 1.82) is 0 Å². The summed E-state index contributed by atoms with van der Waals surface area (Å²) in [4.78, 5) is 0. The molecule has 0 aromatic carbocycles. The molecule has 0 saturated heterocycles. The quantitative estimate of drug-likeness (QED) is 0.477. The Morgan fingerprint density at radius 3 is 2.40 bits per heavy atom. The maximum Gasteiger partial charge on any atom is 0.0573 e. The summed E-state index contributed by atoms with van der Waals surface area (Å²) in [6, 6.07) is 0. The van der Waals surface area contributed by atoms with E-state index in [-0.39, 0.29) is 0 Å². The molecule has 0 spiro atoms. The van der Waals surface area contributed by atoms with Crippen molar-refractivity contribution in [3.05, 3.63) is 48.7 Å². The lowest BCUT2D eigenvalue weighted by molar-refractivity contribution is 0.965. The van der Waals surface area contributed by atoms with Gasteiger partial charge in [-0.2, -0.15) is 0 Å². The normalized spacial score (nSPS) is 29.6. The third-order valence-corrected chi connectivity index (χ3v) is 1.09. The van der Waals surface area contributed by atoms with E-state index in [0.717, 1.165) is 6.54 Å². The summed E-state index contributed by atoms with van der Waals surface area (Å²) in [6.07, 6.45) is 15.6. The van der Waals surface area contributed by atoms with Crippen LogP contribution < -0.4 is 5.32 Å². The van der Waals surface area contributed by atoms with Crippen LogP contribution in [-0.4, -0.2) is 6.54 Å². The van der Waals surface area contributed by atoms with Crippen LogP contribution >= 0.6 is 0 Å². The first-order valence-electron chi connectivity index (χ1n) is 3.32. The van der Waals surface area contributed by atoms with Crippen molar-refractivity contribution in [2.75, 3.05) is 6.54 Å². The second-order valence-electron chi connectivity index (χ2n) is 1.90. The lowest BCUT2D eigenvalue weighted by Crippen LogP contribution is -1.93. The predicted octanol–water partition coefficient (Wildman–Crippen LogP) is 1.79. The Morgan fingerprint density at radius 2 is 1.50 bits per heavy atom. The van der Waals surface area contributed by atoms with Gasteiger partial charge in [0, 0.05) is 6.20 Å². The van der Waals surface area contributed by atoms with Gasteiger partial charge in [-0.05, 0) is 6.08 Å². The third kappa shape index (κ3) is 2.92. The van der Waals surface area contributed by atoms with Gasteiger partial charge in [0.2, 0.25) is 0 Å². The lowest BCUT2D eigenvalue weighted by Gasteiger charge is -1.87. The minimum atomic E-state index is 0.772. The standard InChI is InChI=1S/C9H10N/c1-2-4-6-8-10-9-7-5-3-1/h1-8H,9H2/b3-1+,4-2-,7-5-,8-6-. The van der Waals surface area contributed by atoms with E-state index < -0.39 is 0 Å². The zero-order chi connectivity index (χ0) is 7.07. The van der Waals surface area contributed by atoms with Gasteiger partial charge < -0.3 is 0 Å². The molecule has 0 bridgehead atoms. The Bertz CT molecular complexity index is 163. The molecule has 0 aromatic heterocycles. The maximum absolute atomic E-state index is 4.08. The topological polar surface area (TPSA) is 14.1 Å². The van der Waals surface area contributed by atoms with E-state index >= 15 is 0 Å². The van der Waals surface area contributed by atoms with Gasteiger partial charge in [-0.25, -0.2) is 0 Å². The van der Waals surface area contributed by atoms with E-state index in [9.17, 15) is 0 Å². The molecule has 0 fully saturated rings. The number of rotatable bonds is 0. The Kier molecular flexibility index (Phi) is 3.18. The van der Waals surface area contributed by atoms with Crippen LogP contribution in [0.1, 0.15) is 0 Å². The Labute approximate surface area is 61.4 Å². The summed E-state index contributed by atoms with van der Waals surface area (Å²) >= 11 is 0. The van der Waals surface area contributed by atoms with Gasteiger partial charge in [-0.1, -0.05) is 36.5 Å². The van der Waals surface area contributed by atoms with Gasteiger partial charge in [0.15, 0.2) is 0 Å². The van der Waals surface area contributed by atoms with Crippen LogP contribution in [0.2, 0.25) is 0 Å². The van der Waals surface area contributed by atoms with Crippen molar-refractivity contribution in [2.24, 2.45) is 0 Å². The molecule has 1 heteroatoms. The van der Waals surface area contributed by atoms with Gasteiger partial charge in [0.1, 0.15) is 0 Å². The van der Waals surface area contributed by atoms with E-state index in [4.69, 9.17) is 0 Å². The highest BCUT2D eigenvalue weighted by molar-refractivity contribution is 5.16. The van der Waals surface area contributed by atoms with Gasteiger partial charge in [0.25, 0.3) is 0 Å². The summed E-state index contributed by atoms with van der Waals surface area (Å²) in [5, 5.41) is 4.08. The summed E-state index contributed by atoms with van der Waals surface area (Å²) in [5.74, 6) is 0. The van der Waals surface area contributed by atoms with Gasteiger partial charge in [0.05, 0.1) is 6.54 Å². The zero-order valence-corrected chi connectivity index (χ0v) is 5.77. The molecule has 0 atom stereocenters. The molecule has 1 rings (SSSR count). The van der Waals surface area contributed by atoms with E-state index in [1.165, 1.54) is 0 Å². The molecule has 51 valence electrons.